The summed E-state index contributed by atoms with van der Waals surface area (Å²) in [5, 5.41) is 16.4. The predicted molar refractivity (Wildman–Crippen MR) is 479 cm³/mol. The van der Waals surface area contributed by atoms with Gasteiger partial charge in [-0.05, 0) is 234 Å². The van der Waals surface area contributed by atoms with E-state index in [9.17, 15) is 0 Å². The van der Waals surface area contributed by atoms with Crippen molar-refractivity contribution in [2.45, 2.75) is 0 Å². The molecule has 114 heavy (non-hydrogen) atoms. The van der Waals surface area contributed by atoms with E-state index < -0.39 is 0 Å². The smallest absolute Gasteiger partial charge is 0.136 e. The summed E-state index contributed by atoms with van der Waals surface area (Å²) in [7, 11) is 0. The van der Waals surface area contributed by atoms with Gasteiger partial charge in [-0.15, -0.1) is 0 Å². The number of hydrogen-bond donors (Lipinski definition) is 0. The summed E-state index contributed by atoms with van der Waals surface area (Å²) in [5.74, 6) is 0. The first-order valence-corrected chi connectivity index (χ1v) is 39.0. The Labute approximate surface area is 657 Å². The van der Waals surface area contributed by atoms with E-state index in [1.807, 2.05) is 6.07 Å². The molecule has 0 bridgehead atoms. The van der Waals surface area contributed by atoms with Crippen molar-refractivity contribution in [3.05, 3.63) is 413 Å². The predicted octanol–water partition coefficient (Wildman–Crippen LogP) is 30.4. The van der Waals surface area contributed by atoms with Gasteiger partial charge in [-0.1, -0.05) is 261 Å². The van der Waals surface area contributed by atoms with Crippen molar-refractivity contribution in [1.29, 1.82) is 0 Å². The fraction of sp³-hybridized carbons (Fsp3) is 0. The molecule has 6 nitrogen and oxygen atoms in total. The first-order valence-electron chi connectivity index (χ1n) is 39.0. The normalized spacial score (nSPS) is 11.9. The van der Waals surface area contributed by atoms with Crippen molar-refractivity contribution in [2.24, 2.45) is 0 Å². The van der Waals surface area contributed by atoms with Gasteiger partial charge in [0.1, 0.15) is 22.3 Å². The van der Waals surface area contributed by atoms with Gasteiger partial charge < -0.3 is 27.8 Å². The molecule has 0 N–H and O–H groups in total. The largest absolute Gasteiger partial charge is 0.456 e. The molecule has 6 heteroatoms. The Morgan fingerprint density at radius 1 is 0.184 bits per heavy atom. The minimum Gasteiger partial charge on any atom is -0.456 e. The van der Waals surface area contributed by atoms with E-state index in [2.05, 4.69) is 425 Å². The van der Waals surface area contributed by atoms with Crippen LogP contribution in [-0.2, 0) is 0 Å². The Kier molecular flexibility index (Phi) is 14.9. The van der Waals surface area contributed by atoms with E-state index >= 15 is 0 Å². The monoisotopic (exact) mass is 1450 g/mol. The fourth-order valence-electron chi connectivity index (χ4n) is 18.1. The lowest BCUT2D eigenvalue weighted by Crippen LogP contribution is -2.11. The van der Waals surface area contributed by atoms with Crippen LogP contribution in [0.5, 0.6) is 0 Å². The van der Waals surface area contributed by atoms with Crippen molar-refractivity contribution in [3.8, 4) is 67.0 Å². The van der Waals surface area contributed by atoms with Crippen LogP contribution in [0.3, 0.4) is 0 Å². The molecular weight excluding hydrogens is 1390 g/mol. The zero-order valence-electron chi connectivity index (χ0n) is 61.9. The van der Waals surface area contributed by atoms with Gasteiger partial charge in [-0.25, -0.2) is 0 Å². The zero-order valence-corrected chi connectivity index (χ0v) is 61.9. The maximum atomic E-state index is 6.93. The topological polar surface area (TPSA) is 42.6 Å². The van der Waals surface area contributed by atoms with Gasteiger partial charge in [0.05, 0.1) is 27.8 Å². The molecule has 0 fully saturated rings. The molecule has 0 spiro atoms. The Morgan fingerprint density at radius 3 is 1.12 bits per heavy atom. The summed E-state index contributed by atoms with van der Waals surface area (Å²) in [5.41, 5.74) is 28.0. The van der Waals surface area contributed by atoms with Crippen LogP contribution < -0.4 is 9.80 Å². The van der Waals surface area contributed by atoms with Crippen molar-refractivity contribution in [2.75, 3.05) is 9.80 Å². The molecule has 0 unspecified atom stereocenters. The number of nitrogens with zero attached hydrogens (tertiary/aromatic N) is 4. The first-order chi connectivity index (χ1) is 56.5. The van der Waals surface area contributed by atoms with Crippen LogP contribution in [0.1, 0.15) is 0 Å². The molecule has 0 aliphatic heterocycles. The van der Waals surface area contributed by atoms with Crippen molar-refractivity contribution >= 4 is 154 Å². The molecule has 0 atom stereocenters. The molecule has 4 heterocycles. The number of anilines is 6. The fourth-order valence-corrected chi connectivity index (χ4v) is 18.1. The molecular formula is C108H68N4O2. The van der Waals surface area contributed by atoms with Crippen LogP contribution in [0.2, 0.25) is 0 Å². The van der Waals surface area contributed by atoms with Crippen LogP contribution in [0.25, 0.3) is 187 Å². The summed E-state index contributed by atoms with van der Waals surface area (Å²) in [6.45, 7) is 0. The highest BCUT2D eigenvalue weighted by molar-refractivity contribution is 6.18. The van der Waals surface area contributed by atoms with Crippen molar-refractivity contribution < 1.29 is 8.83 Å². The lowest BCUT2D eigenvalue weighted by molar-refractivity contribution is 0.668. The highest BCUT2D eigenvalue weighted by Gasteiger charge is 2.24. The molecule has 0 amide bonds. The molecule has 23 aromatic rings. The molecule has 19 aromatic carbocycles. The van der Waals surface area contributed by atoms with Gasteiger partial charge in [0.25, 0.3) is 0 Å². The minimum atomic E-state index is 0.838. The van der Waals surface area contributed by atoms with Crippen molar-refractivity contribution in [3.63, 3.8) is 0 Å². The second kappa shape index (κ2) is 26.2. The maximum Gasteiger partial charge on any atom is 0.136 e. The number of para-hydroxylation sites is 5. The van der Waals surface area contributed by atoms with Crippen LogP contribution in [0.15, 0.2) is 421 Å². The second-order valence-electron chi connectivity index (χ2n) is 29.9. The molecule has 0 radical (unpaired) electrons. The first kappa shape index (κ1) is 64.7. The quantitative estimate of drug-likeness (QED) is 0.108. The third-order valence-electron chi connectivity index (χ3n) is 23.5. The van der Waals surface area contributed by atoms with Crippen LogP contribution in [0, 0.1) is 0 Å². The highest BCUT2D eigenvalue weighted by atomic mass is 16.3. The Balaban J connectivity index is 0.577. The summed E-state index contributed by atoms with van der Waals surface area (Å²) in [4.78, 5) is 4.82. The molecule has 0 aliphatic carbocycles. The molecule has 532 valence electrons. The second-order valence-corrected chi connectivity index (χ2v) is 29.9. The summed E-state index contributed by atoms with van der Waals surface area (Å²) >= 11 is 0. The Hall–Kier alpha value is -15.2. The van der Waals surface area contributed by atoms with Crippen molar-refractivity contribution in [1.82, 2.24) is 9.13 Å². The average Bonchev–Trinajstić information content (AvgIpc) is 1.34. The minimum absolute atomic E-state index is 0.838. The third kappa shape index (κ3) is 10.6. The molecule has 0 saturated heterocycles. The van der Waals surface area contributed by atoms with E-state index in [4.69, 9.17) is 8.83 Å². The average molecular weight is 1450 g/mol. The maximum absolute atomic E-state index is 6.93. The van der Waals surface area contributed by atoms with Crippen LogP contribution in [-0.4, -0.2) is 9.13 Å². The zero-order chi connectivity index (χ0) is 74.9. The molecule has 0 saturated carbocycles. The molecule has 4 aromatic heterocycles. The lowest BCUT2D eigenvalue weighted by atomic mass is 9.96. The van der Waals surface area contributed by atoms with Gasteiger partial charge in [-0.2, -0.15) is 0 Å². The number of fused-ring (bicyclic) bond motifs is 16. The van der Waals surface area contributed by atoms with E-state index in [1.165, 1.54) is 65.2 Å². The lowest BCUT2D eigenvalue weighted by Gasteiger charge is -2.28. The number of aromatic nitrogens is 2. The Bertz CT molecular complexity index is 7690. The third-order valence-corrected chi connectivity index (χ3v) is 23.5. The SMILES string of the molecule is c1cc(-c2cccc3oc4ccccc4c23)cc(N(c2ccc(-c3ccc(-n4c5ccccc5c5ccccc54)cc3)cc2)c2ccc3cc(-c4ccc5c(c4)oc4cccc(-c6cccc(N(c7ccc(-c8ccc(-n9c%10ccccc%10c%10ccccc%109)cc8)cc7)c7cc8ccccc8c8ccccc78)c6)c45)ccc3c2)c1. The Morgan fingerprint density at radius 2 is 0.561 bits per heavy atom. The van der Waals surface area contributed by atoms with Gasteiger partial charge >= 0.3 is 0 Å². The summed E-state index contributed by atoms with van der Waals surface area (Å²) < 4.78 is 18.1. The summed E-state index contributed by atoms with van der Waals surface area (Å²) in [6, 6.07) is 150. The van der Waals surface area contributed by atoms with E-state index in [0.29, 0.717) is 0 Å². The summed E-state index contributed by atoms with van der Waals surface area (Å²) in [6.07, 6.45) is 0. The van der Waals surface area contributed by atoms with Gasteiger partial charge in [0, 0.05) is 88.3 Å². The number of hydrogen-bond acceptors (Lipinski definition) is 4. The van der Waals surface area contributed by atoms with Gasteiger partial charge in [0.2, 0.25) is 0 Å². The number of furan rings is 2. The standard InChI is InChI=1S/C108H68N4O2/c1-2-24-87-79(19-1)67-102(91-26-4-3-25-90(87)91)110(81-55-45-70(46-56-81)72-49-59-83(60-50-72)112-100-36-12-7-29-94(100)95-30-8-13-37-101(95)112)85-23-16-21-78(66-85)89-33-18-40-105-108(89)97-62-52-76(68-106(97)114-105)73-41-42-75-64-86(61-51-74(75)63-73)109(84-22-15-20-77(65-84)88-32-17-39-104-107(88)96-31-9-14-38-103(96)113-104)80-53-43-69(44-54-80)71-47-57-82(58-48-71)111-98-34-10-5-27-92(98)93-28-6-11-35-99(93)111/h1-68H. The van der Waals surface area contributed by atoms with E-state index in [1.54, 1.807) is 0 Å². The van der Waals surface area contributed by atoms with E-state index in [-0.39, 0.29) is 0 Å². The van der Waals surface area contributed by atoms with Gasteiger partial charge in [-0.3, -0.25) is 0 Å². The molecule has 23 rings (SSSR count). The number of rotatable bonds is 13. The number of benzene rings is 19. The van der Waals surface area contributed by atoms with Gasteiger partial charge in [0.15, 0.2) is 0 Å². The highest BCUT2D eigenvalue weighted by Crippen LogP contribution is 2.48. The molecule has 0 aliphatic rings. The van der Waals surface area contributed by atoms with Crippen LogP contribution in [0.4, 0.5) is 34.1 Å². The van der Waals surface area contributed by atoms with Crippen LogP contribution >= 0.6 is 0 Å². The van der Waals surface area contributed by atoms with E-state index in [0.717, 1.165) is 156 Å².